The van der Waals surface area contributed by atoms with Crippen molar-refractivity contribution < 1.29 is 14.3 Å². The Hall–Kier alpha value is -2.60. The summed E-state index contributed by atoms with van der Waals surface area (Å²) in [5.74, 6) is 1.30. The number of Topliss-reactive ketones (excluding diaryl/α,β-unsaturated/α-hetero) is 1. The number of hydrogen-bond acceptors (Lipinski definition) is 5. The van der Waals surface area contributed by atoms with Gasteiger partial charge in [0.1, 0.15) is 11.9 Å². The van der Waals surface area contributed by atoms with Crippen molar-refractivity contribution >= 4 is 29.3 Å². The summed E-state index contributed by atoms with van der Waals surface area (Å²) in [5.41, 5.74) is 2.41. The highest BCUT2D eigenvalue weighted by Crippen LogP contribution is 2.49. The maximum absolute atomic E-state index is 13.8. The fourth-order valence-electron chi connectivity index (χ4n) is 5.25. The zero-order chi connectivity index (χ0) is 22.6. The number of aryl methyl sites for hydroxylation is 1. The Morgan fingerprint density at radius 3 is 2.47 bits per heavy atom. The molecule has 5 unspecified atom stereocenters. The van der Waals surface area contributed by atoms with Gasteiger partial charge < -0.3 is 4.74 Å². The van der Waals surface area contributed by atoms with Gasteiger partial charge in [-0.25, -0.2) is 4.98 Å². The summed E-state index contributed by atoms with van der Waals surface area (Å²) in [6, 6.07) is 11.4. The predicted octanol–water partition coefficient (Wildman–Crippen LogP) is 5.10. The van der Waals surface area contributed by atoms with Crippen LogP contribution in [0.5, 0.6) is 0 Å². The van der Waals surface area contributed by atoms with Crippen LogP contribution in [0.15, 0.2) is 58.8 Å². The number of carbonyl (C=O) groups is 2. The SMILES string of the molecule is CSc1ccc(C2C3=C(OC4CC(C)C(C)CC4C3=O)C(=O)N2c2cc(C)ccn2)cc1. The van der Waals surface area contributed by atoms with E-state index < -0.39 is 6.04 Å². The number of rotatable bonds is 3. The van der Waals surface area contributed by atoms with Crippen LogP contribution in [-0.4, -0.2) is 29.0 Å². The van der Waals surface area contributed by atoms with Gasteiger partial charge in [0.05, 0.1) is 17.5 Å². The first-order valence-corrected chi connectivity index (χ1v) is 12.5. The summed E-state index contributed by atoms with van der Waals surface area (Å²) < 4.78 is 6.33. The maximum Gasteiger partial charge on any atom is 0.295 e. The highest BCUT2D eigenvalue weighted by molar-refractivity contribution is 7.98. The molecule has 5 atom stereocenters. The molecule has 3 aliphatic rings. The molecule has 0 bridgehead atoms. The van der Waals surface area contributed by atoms with Crippen molar-refractivity contribution in [2.45, 2.75) is 50.7 Å². The van der Waals surface area contributed by atoms with Crippen LogP contribution in [0.2, 0.25) is 0 Å². The van der Waals surface area contributed by atoms with Crippen molar-refractivity contribution in [2.24, 2.45) is 17.8 Å². The molecule has 3 heterocycles. The number of benzene rings is 1. The Labute approximate surface area is 193 Å². The topological polar surface area (TPSA) is 59.5 Å². The monoisotopic (exact) mass is 448 g/mol. The first-order valence-electron chi connectivity index (χ1n) is 11.2. The van der Waals surface area contributed by atoms with E-state index in [0.717, 1.165) is 28.9 Å². The zero-order valence-electron chi connectivity index (χ0n) is 18.9. The second kappa shape index (κ2) is 8.07. The van der Waals surface area contributed by atoms with Gasteiger partial charge in [-0.15, -0.1) is 11.8 Å². The van der Waals surface area contributed by atoms with Crippen molar-refractivity contribution in [1.82, 2.24) is 4.98 Å². The molecule has 166 valence electrons. The van der Waals surface area contributed by atoms with E-state index in [1.807, 2.05) is 49.6 Å². The van der Waals surface area contributed by atoms with Gasteiger partial charge in [-0.1, -0.05) is 26.0 Å². The molecule has 0 saturated heterocycles. The van der Waals surface area contributed by atoms with Gasteiger partial charge in [0.25, 0.3) is 5.91 Å². The molecule has 1 saturated carbocycles. The number of ether oxygens (including phenoxy) is 1. The van der Waals surface area contributed by atoms with Crippen molar-refractivity contribution in [1.29, 1.82) is 0 Å². The first kappa shape index (κ1) is 21.3. The van der Waals surface area contributed by atoms with Crippen molar-refractivity contribution in [2.75, 3.05) is 11.2 Å². The Morgan fingerprint density at radius 2 is 1.78 bits per heavy atom. The summed E-state index contributed by atoms with van der Waals surface area (Å²) in [4.78, 5) is 34.8. The molecule has 1 aromatic heterocycles. The third kappa shape index (κ3) is 3.36. The lowest BCUT2D eigenvalue weighted by atomic mass is 9.70. The molecule has 0 spiro atoms. The van der Waals surface area contributed by atoms with E-state index >= 15 is 0 Å². The molecule has 0 radical (unpaired) electrons. The third-order valence-corrected chi connectivity index (χ3v) is 8.03. The number of ketones is 1. The molecule has 1 aliphatic carbocycles. The van der Waals surface area contributed by atoms with Crippen LogP contribution < -0.4 is 4.90 Å². The molecular weight excluding hydrogens is 420 g/mol. The lowest BCUT2D eigenvalue weighted by molar-refractivity contribution is -0.134. The number of thioether (sulfide) groups is 1. The number of carbonyl (C=O) groups excluding carboxylic acids is 2. The van der Waals surface area contributed by atoms with Crippen LogP contribution in [-0.2, 0) is 14.3 Å². The average Bonchev–Trinajstić information content (AvgIpc) is 3.08. The second-order valence-electron chi connectivity index (χ2n) is 9.34. The lowest BCUT2D eigenvalue weighted by Crippen LogP contribution is -2.43. The number of nitrogens with zero attached hydrogens (tertiary/aromatic N) is 2. The van der Waals surface area contributed by atoms with Crippen molar-refractivity contribution in [3.63, 3.8) is 0 Å². The van der Waals surface area contributed by atoms with E-state index in [9.17, 15) is 9.59 Å². The zero-order valence-corrected chi connectivity index (χ0v) is 19.7. The number of anilines is 1. The average molecular weight is 449 g/mol. The summed E-state index contributed by atoms with van der Waals surface area (Å²) >= 11 is 1.66. The van der Waals surface area contributed by atoms with E-state index in [-0.39, 0.29) is 29.5 Å². The van der Waals surface area contributed by atoms with Gasteiger partial charge in [0, 0.05) is 11.1 Å². The fourth-order valence-corrected chi connectivity index (χ4v) is 5.66. The fraction of sp³-hybridized carbons (Fsp3) is 0.423. The van der Waals surface area contributed by atoms with Crippen LogP contribution in [0.25, 0.3) is 0 Å². The molecule has 0 N–H and O–H groups in total. The highest BCUT2D eigenvalue weighted by atomic mass is 32.2. The molecule has 2 aliphatic heterocycles. The minimum Gasteiger partial charge on any atom is -0.483 e. The number of aromatic nitrogens is 1. The minimum absolute atomic E-state index is 0.0671. The molecule has 5 rings (SSSR count). The van der Waals surface area contributed by atoms with E-state index in [1.165, 1.54) is 0 Å². The Kier molecular flexibility index (Phi) is 5.36. The van der Waals surface area contributed by atoms with Crippen molar-refractivity contribution in [3.8, 4) is 0 Å². The number of hydrogen-bond donors (Lipinski definition) is 0. The van der Waals surface area contributed by atoms with Gasteiger partial charge in [-0.05, 0) is 73.2 Å². The molecule has 1 aromatic carbocycles. The molecule has 2 aromatic rings. The lowest BCUT2D eigenvalue weighted by Gasteiger charge is -2.40. The Morgan fingerprint density at radius 1 is 1.06 bits per heavy atom. The van der Waals surface area contributed by atoms with E-state index in [4.69, 9.17) is 4.74 Å². The largest absolute Gasteiger partial charge is 0.483 e. The molecule has 1 amide bonds. The summed E-state index contributed by atoms with van der Waals surface area (Å²) in [5, 5.41) is 0. The maximum atomic E-state index is 13.8. The van der Waals surface area contributed by atoms with E-state index in [2.05, 4.69) is 18.8 Å². The third-order valence-electron chi connectivity index (χ3n) is 7.29. The summed E-state index contributed by atoms with van der Waals surface area (Å²) in [7, 11) is 0. The first-order chi connectivity index (χ1) is 15.4. The normalized spacial score (nSPS) is 29.6. The molecule has 6 heteroatoms. The van der Waals surface area contributed by atoms with Gasteiger partial charge >= 0.3 is 0 Å². The molecule has 5 nitrogen and oxygen atoms in total. The second-order valence-corrected chi connectivity index (χ2v) is 10.2. The highest BCUT2D eigenvalue weighted by Gasteiger charge is 2.54. The van der Waals surface area contributed by atoms with Crippen molar-refractivity contribution in [3.05, 3.63) is 65.1 Å². The van der Waals surface area contributed by atoms with Gasteiger partial charge in [-0.2, -0.15) is 0 Å². The minimum atomic E-state index is -0.522. The molecular formula is C26H28N2O3S. The van der Waals surface area contributed by atoms with Crippen LogP contribution >= 0.6 is 11.8 Å². The van der Waals surface area contributed by atoms with Crippen LogP contribution in [0, 0.1) is 24.7 Å². The Balaban J connectivity index is 1.63. The van der Waals surface area contributed by atoms with Gasteiger partial charge in [0.2, 0.25) is 0 Å². The van der Waals surface area contributed by atoms with Gasteiger partial charge in [0.15, 0.2) is 11.5 Å². The van der Waals surface area contributed by atoms with Crippen LogP contribution in [0.4, 0.5) is 5.82 Å². The Bertz CT molecular complexity index is 1110. The molecule has 1 fully saturated rings. The van der Waals surface area contributed by atoms with E-state index in [1.54, 1.807) is 22.9 Å². The standard InChI is InChI=1S/C26H28N2O3S/c1-14-9-10-27-21(11-14)28-23(17-5-7-18(32-4)8-6-17)22-24(29)19-12-15(2)16(3)13-20(19)31-25(22)26(28)30/h5-11,15-16,19-20,23H,12-13H2,1-4H3. The summed E-state index contributed by atoms with van der Waals surface area (Å²) in [6.45, 7) is 6.38. The van der Waals surface area contributed by atoms with Crippen LogP contribution in [0.1, 0.15) is 43.9 Å². The van der Waals surface area contributed by atoms with Crippen LogP contribution in [0.3, 0.4) is 0 Å². The quantitative estimate of drug-likeness (QED) is 0.611. The summed E-state index contributed by atoms with van der Waals surface area (Å²) in [6.07, 6.45) is 5.12. The number of amides is 1. The smallest absolute Gasteiger partial charge is 0.295 e. The van der Waals surface area contributed by atoms with E-state index in [0.29, 0.717) is 23.2 Å². The molecule has 32 heavy (non-hydrogen) atoms. The number of fused-ring (bicyclic) bond motifs is 1. The number of pyridine rings is 1. The predicted molar refractivity (Wildman–Crippen MR) is 125 cm³/mol. The van der Waals surface area contributed by atoms with Gasteiger partial charge in [-0.3, -0.25) is 14.5 Å².